The summed E-state index contributed by atoms with van der Waals surface area (Å²) in [5.41, 5.74) is 4.18. The van der Waals surface area contributed by atoms with Gasteiger partial charge in [-0.1, -0.05) is 69.0 Å². The zero-order valence-electron chi connectivity index (χ0n) is 16.3. The van der Waals surface area contributed by atoms with E-state index in [0.717, 1.165) is 21.3 Å². The lowest BCUT2D eigenvalue weighted by Gasteiger charge is -2.16. The molecule has 6 heteroatoms. The van der Waals surface area contributed by atoms with E-state index in [2.05, 4.69) is 52.4 Å². The van der Waals surface area contributed by atoms with Crippen molar-refractivity contribution >= 4 is 44.8 Å². The van der Waals surface area contributed by atoms with E-state index in [1.165, 1.54) is 5.56 Å². The number of anilines is 1. The van der Waals surface area contributed by atoms with Crippen LogP contribution in [0.4, 0.5) is 5.69 Å². The fourth-order valence-corrected chi connectivity index (χ4v) is 3.70. The first kappa shape index (κ1) is 21.8. The molecule has 0 aliphatic carbocycles. The Balaban J connectivity index is 1.75. The zero-order valence-corrected chi connectivity index (χ0v) is 19.4. The first-order valence-electron chi connectivity index (χ1n) is 9.28. The number of halogens is 3. The van der Waals surface area contributed by atoms with E-state index >= 15 is 0 Å². The highest BCUT2D eigenvalue weighted by Gasteiger charge is 2.12. The van der Waals surface area contributed by atoms with Gasteiger partial charge >= 0.3 is 0 Å². The number of rotatable bonds is 8. The van der Waals surface area contributed by atoms with Gasteiger partial charge < -0.3 is 14.8 Å². The number of benzene rings is 3. The molecule has 0 aliphatic heterocycles. The molecule has 3 aromatic rings. The second kappa shape index (κ2) is 10.2. The zero-order chi connectivity index (χ0) is 20.8. The lowest BCUT2D eigenvalue weighted by molar-refractivity contribution is 0.269. The van der Waals surface area contributed by atoms with E-state index in [0.29, 0.717) is 41.3 Å². The normalized spacial score (nSPS) is 10.7. The lowest BCUT2D eigenvalue weighted by atomic mass is 10.1. The molecule has 0 radical (unpaired) electrons. The standard InChI is InChI=1S/C23H22BrCl2NO2/c1-3-28-22-10-17(13-27-21-9-8-18(25)11-20(21)26)19(24)12-23(22)29-14-16-6-4-15(2)5-7-16/h4-12,27H,3,13-14H2,1-2H3. The fourth-order valence-electron chi connectivity index (χ4n) is 2.76. The van der Waals surface area contributed by atoms with Crippen LogP contribution in [0, 0.1) is 6.92 Å². The Hall–Kier alpha value is -1.88. The summed E-state index contributed by atoms with van der Waals surface area (Å²) in [7, 11) is 0. The van der Waals surface area contributed by atoms with Crippen molar-refractivity contribution in [1.29, 1.82) is 0 Å². The number of ether oxygens (including phenoxy) is 2. The lowest BCUT2D eigenvalue weighted by Crippen LogP contribution is -2.04. The van der Waals surface area contributed by atoms with Crippen molar-refractivity contribution in [3.05, 3.63) is 85.8 Å². The van der Waals surface area contributed by atoms with Crippen LogP contribution in [0.1, 0.15) is 23.6 Å². The molecule has 1 N–H and O–H groups in total. The quantitative estimate of drug-likeness (QED) is 0.348. The number of aryl methyl sites for hydroxylation is 1. The van der Waals surface area contributed by atoms with Gasteiger partial charge in [-0.05, 0) is 55.3 Å². The summed E-state index contributed by atoms with van der Waals surface area (Å²) in [5.74, 6) is 1.41. The average Bonchev–Trinajstić information content (AvgIpc) is 2.69. The minimum Gasteiger partial charge on any atom is -0.490 e. The van der Waals surface area contributed by atoms with E-state index in [1.54, 1.807) is 12.1 Å². The molecule has 0 bridgehead atoms. The molecule has 3 nitrogen and oxygen atoms in total. The highest BCUT2D eigenvalue weighted by atomic mass is 79.9. The Morgan fingerprint density at radius 2 is 1.66 bits per heavy atom. The Labute approximate surface area is 190 Å². The van der Waals surface area contributed by atoms with Crippen molar-refractivity contribution in [3.8, 4) is 11.5 Å². The predicted molar refractivity (Wildman–Crippen MR) is 125 cm³/mol. The molecular weight excluding hydrogens is 473 g/mol. The number of hydrogen-bond donors (Lipinski definition) is 1. The molecule has 0 spiro atoms. The molecule has 0 saturated heterocycles. The van der Waals surface area contributed by atoms with Gasteiger partial charge in [0, 0.05) is 16.0 Å². The van der Waals surface area contributed by atoms with E-state index < -0.39 is 0 Å². The molecule has 0 saturated carbocycles. The summed E-state index contributed by atoms with van der Waals surface area (Å²) in [6.45, 7) is 5.62. The van der Waals surface area contributed by atoms with Crippen LogP contribution in [0.5, 0.6) is 11.5 Å². The van der Waals surface area contributed by atoms with Gasteiger partial charge in [-0.2, -0.15) is 0 Å². The summed E-state index contributed by atoms with van der Waals surface area (Å²) >= 11 is 15.9. The van der Waals surface area contributed by atoms with Crippen molar-refractivity contribution in [2.24, 2.45) is 0 Å². The highest BCUT2D eigenvalue weighted by Crippen LogP contribution is 2.35. The molecule has 3 aromatic carbocycles. The first-order chi connectivity index (χ1) is 14.0. The highest BCUT2D eigenvalue weighted by molar-refractivity contribution is 9.10. The van der Waals surface area contributed by atoms with E-state index in [4.69, 9.17) is 32.7 Å². The second-order valence-electron chi connectivity index (χ2n) is 6.58. The minimum atomic E-state index is 0.477. The Kier molecular flexibility index (Phi) is 7.70. The third-order valence-corrected chi connectivity index (χ3v) is 5.61. The van der Waals surface area contributed by atoms with Gasteiger partial charge in [0.2, 0.25) is 0 Å². The maximum absolute atomic E-state index is 6.25. The van der Waals surface area contributed by atoms with Crippen molar-refractivity contribution < 1.29 is 9.47 Å². The summed E-state index contributed by atoms with van der Waals surface area (Å²) in [4.78, 5) is 0. The summed E-state index contributed by atoms with van der Waals surface area (Å²) in [5, 5.41) is 4.52. The molecule has 0 fully saturated rings. The molecule has 29 heavy (non-hydrogen) atoms. The van der Waals surface area contributed by atoms with E-state index in [9.17, 15) is 0 Å². The smallest absolute Gasteiger partial charge is 0.162 e. The Morgan fingerprint density at radius 1 is 0.931 bits per heavy atom. The van der Waals surface area contributed by atoms with Crippen molar-refractivity contribution in [1.82, 2.24) is 0 Å². The Morgan fingerprint density at radius 3 is 2.34 bits per heavy atom. The molecule has 0 amide bonds. The van der Waals surface area contributed by atoms with Crippen LogP contribution < -0.4 is 14.8 Å². The molecule has 152 valence electrons. The van der Waals surface area contributed by atoms with Gasteiger partial charge in [0.1, 0.15) is 6.61 Å². The Bertz CT molecular complexity index is 977. The molecule has 0 heterocycles. The predicted octanol–water partition coefficient (Wildman–Crippen LogP) is 7.65. The van der Waals surface area contributed by atoms with Crippen LogP contribution in [0.25, 0.3) is 0 Å². The molecule has 3 rings (SSSR count). The maximum atomic E-state index is 6.25. The molecule has 0 atom stereocenters. The topological polar surface area (TPSA) is 30.5 Å². The molecular formula is C23H22BrCl2NO2. The number of hydrogen-bond acceptors (Lipinski definition) is 3. The summed E-state index contributed by atoms with van der Waals surface area (Å²) < 4.78 is 12.8. The van der Waals surface area contributed by atoms with Crippen LogP contribution in [-0.2, 0) is 13.2 Å². The van der Waals surface area contributed by atoms with Gasteiger partial charge in [-0.3, -0.25) is 0 Å². The van der Waals surface area contributed by atoms with Crippen LogP contribution in [0.3, 0.4) is 0 Å². The van der Waals surface area contributed by atoms with E-state index in [1.807, 2.05) is 25.1 Å². The van der Waals surface area contributed by atoms with Gasteiger partial charge in [0.25, 0.3) is 0 Å². The third-order valence-electron chi connectivity index (χ3n) is 4.33. The van der Waals surface area contributed by atoms with Crippen molar-refractivity contribution in [2.75, 3.05) is 11.9 Å². The largest absolute Gasteiger partial charge is 0.490 e. The first-order valence-corrected chi connectivity index (χ1v) is 10.8. The van der Waals surface area contributed by atoms with Gasteiger partial charge in [0.15, 0.2) is 11.5 Å². The molecule has 0 unspecified atom stereocenters. The van der Waals surface area contributed by atoms with E-state index in [-0.39, 0.29) is 0 Å². The third kappa shape index (κ3) is 6.05. The summed E-state index contributed by atoms with van der Waals surface area (Å²) in [6, 6.07) is 17.6. The van der Waals surface area contributed by atoms with Crippen molar-refractivity contribution in [3.63, 3.8) is 0 Å². The maximum Gasteiger partial charge on any atom is 0.162 e. The molecule has 0 aliphatic rings. The van der Waals surface area contributed by atoms with Gasteiger partial charge in [-0.25, -0.2) is 0 Å². The SMILES string of the molecule is CCOc1cc(CNc2ccc(Cl)cc2Cl)c(Br)cc1OCc1ccc(C)cc1. The van der Waals surface area contributed by atoms with Gasteiger partial charge in [0.05, 0.1) is 17.3 Å². The van der Waals surface area contributed by atoms with Crippen LogP contribution in [-0.4, -0.2) is 6.61 Å². The fraction of sp³-hybridized carbons (Fsp3) is 0.217. The minimum absolute atomic E-state index is 0.477. The average molecular weight is 495 g/mol. The van der Waals surface area contributed by atoms with Crippen LogP contribution >= 0.6 is 39.1 Å². The monoisotopic (exact) mass is 493 g/mol. The summed E-state index contributed by atoms with van der Waals surface area (Å²) in [6.07, 6.45) is 0. The second-order valence-corrected chi connectivity index (χ2v) is 8.27. The van der Waals surface area contributed by atoms with Crippen LogP contribution in [0.15, 0.2) is 59.1 Å². The van der Waals surface area contributed by atoms with Crippen molar-refractivity contribution in [2.45, 2.75) is 27.0 Å². The van der Waals surface area contributed by atoms with Crippen LogP contribution in [0.2, 0.25) is 10.0 Å². The van der Waals surface area contributed by atoms with Gasteiger partial charge in [-0.15, -0.1) is 0 Å². The molecule has 0 aromatic heterocycles. The number of nitrogens with one attached hydrogen (secondary N) is 1.